The molecule has 3 N–H and O–H groups in total. The van der Waals surface area contributed by atoms with Crippen molar-refractivity contribution in [2.75, 3.05) is 20.0 Å². The lowest BCUT2D eigenvalue weighted by atomic mass is 10.1. The Morgan fingerprint density at radius 3 is 2.28 bits per heavy atom. The van der Waals surface area contributed by atoms with Crippen LogP contribution in [0.3, 0.4) is 0 Å². The lowest BCUT2D eigenvalue weighted by molar-refractivity contribution is 0.222. The van der Waals surface area contributed by atoms with E-state index >= 15 is 0 Å². The smallest absolute Gasteiger partial charge is 0.180 e. The SMILES string of the molecule is COc1cc(OC)cc(C(O)c2cnc(N)s2)c1. The zero-order valence-electron chi connectivity index (χ0n) is 10.1. The molecular formula is C12H14N2O3S. The largest absolute Gasteiger partial charge is 0.497 e. The van der Waals surface area contributed by atoms with Gasteiger partial charge in [-0.05, 0) is 17.7 Å². The molecule has 1 atom stereocenters. The van der Waals surface area contributed by atoms with E-state index < -0.39 is 6.10 Å². The van der Waals surface area contributed by atoms with Crippen LogP contribution in [0.25, 0.3) is 0 Å². The zero-order chi connectivity index (χ0) is 13.1. The van der Waals surface area contributed by atoms with Gasteiger partial charge in [0.15, 0.2) is 5.13 Å². The number of aliphatic hydroxyl groups excluding tert-OH is 1. The Morgan fingerprint density at radius 1 is 1.22 bits per heavy atom. The van der Waals surface area contributed by atoms with Crippen molar-refractivity contribution in [3.63, 3.8) is 0 Å². The minimum Gasteiger partial charge on any atom is -0.497 e. The number of nitrogens with two attached hydrogens (primary N) is 1. The molecule has 0 spiro atoms. The summed E-state index contributed by atoms with van der Waals surface area (Å²) >= 11 is 1.25. The number of benzene rings is 1. The molecule has 1 aromatic heterocycles. The van der Waals surface area contributed by atoms with Crippen LogP contribution in [-0.4, -0.2) is 24.3 Å². The number of hydrogen-bond donors (Lipinski definition) is 2. The molecule has 0 amide bonds. The van der Waals surface area contributed by atoms with Gasteiger partial charge in [-0.15, -0.1) is 0 Å². The second kappa shape index (κ2) is 5.24. The Kier molecular flexibility index (Phi) is 3.69. The van der Waals surface area contributed by atoms with Crippen molar-refractivity contribution in [3.8, 4) is 11.5 Å². The number of thiazole rings is 1. The summed E-state index contributed by atoms with van der Waals surface area (Å²) in [6, 6.07) is 5.25. The molecule has 5 nitrogen and oxygen atoms in total. The number of ether oxygens (including phenoxy) is 2. The average molecular weight is 266 g/mol. The van der Waals surface area contributed by atoms with Gasteiger partial charge in [0.1, 0.15) is 17.6 Å². The zero-order valence-corrected chi connectivity index (χ0v) is 10.9. The highest BCUT2D eigenvalue weighted by Crippen LogP contribution is 2.32. The molecule has 18 heavy (non-hydrogen) atoms. The molecule has 1 aromatic carbocycles. The maximum Gasteiger partial charge on any atom is 0.180 e. The predicted octanol–water partition coefficient (Wildman–Crippen LogP) is 1.82. The van der Waals surface area contributed by atoms with Gasteiger partial charge in [-0.2, -0.15) is 0 Å². The fraction of sp³-hybridized carbons (Fsp3) is 0.250. The molecular weight excluding hydrogens is 252 g/mol. The van der Waals surface area contributed by atoms with Crippen molar-refractivity contribution < 1.29 is 14.6 Å². The van der Waals surface area contributed by atoms with Crippen LogP contribution in [0.15, 0.2) is 24.4 Å². The van der Waals surface area contributed by atoms with Crippen molar-refractivity contribution in [3.05, 3.63) is 34.8 Å². The minimum absolute atomic E-state index is 0.430. The molecule has 0 radical (unpaired) electrons. The van der Waals surface area contributed by atoms with Crippen LogP contribution in [0.4, 0.5) is 5.13 Å². The van der Waals surface area contributed by atoms with Crippen LogP contribution in [-0.2, 0) is 0 Å². The molecule has 1 heterocycles. The number of aliphatic hydroxyl groups is 1. The number of nitrogen functional groups attached to an aromatic ring is 1. The summed E-state index contributed by atoms with van der Waals surface area (Å²) in [5.41, 5.74) is 6.23. The van der Waals surface area contributed by atoms with E-state index in [1.165, 1.54) is 11.3 Å². The maximum atomic E-state index is 10.2. The van der Waals surface area contributed by atoms with Gasteiger partial charge >= 0.3 is 0 Å². The maximum absolute atomic E-state index is 10.2. The average Bonchev–Trinajstić information content (AvgIpc) is 2.83. The highest BCUT2D eigenvalue weighted by molar-refractivity contribution is 7.15. The lowest BCUT2D eigenvalue weighted by Crippen LogP contribution is -1.99. The summed E-state index contributed by atoms with van der Waals surface area (Å²) in [6.45, 7) is 0. The molecule has 6 heteroatoms. The fourth-order valence-corrected chi connectivity index (χ4v) is 2.28. The summed E-state index contributed by atoms with van der Waals surface area (Å²) in [6.07, 6.45) is 0.778. The summed E-state index contributed by atoms with van der Waals surface area (Å²) in [4.78, 5) is 4.61. The second-order valence-electron chi connectivity index (χ2n) is 3.65. The van der Waals surface area contributed by atoms with E-state index in [4.69, 9.17) is 15.2 Å². The Balaban J connectivity index is 2.37. The van der Waals surface area contributed by atoms with Gasteiger partial charge < -0.3 is 20.3 Å². The number of hydrogen-bond acceptors (Lipinski definition) is 6. The van der Waals surface area contributed by atoms with Crippen LogP contribution in [0.5, 0.6) is 11.5 Å². The molecule has 0 saturated heterocycles. The van der Waals surface area contributed by atoms with E-state index in [1.807, 2.05) is 0 Å². The third kappa shape index (κ3) is 2.55. The minimum atomic E-state index is -0.788. The lowest BCUT2D eigenvalue weighted by Gasteiger charge is -2.12. The molecule has 0 bridgehead atoms. The van der Waals surface area contributed by atoms with Gasteiger partial charge in [0.25, 0.3) is 0 Å². The van der Waals surface area contributed by atoms with E-state index in [9.17, 15) is 5.11 Å². The predicted molar refractivity (Wildman–Crippen MR) is 70.1 cm³/mol. The highest BCUT2D eigenvalue weighted by Gasteiger charge is 2.15. The standard InChI is InChI=1S/C12H14N2O3S/c1-16-8-3-7(4-9(5-8)17-2)11(15)10-6-14-12(13)18-10/h3-6,11,15H,1-2H3,(H2,13,14). The molecule has 0 aliphatic carbocycles. The first-order valence-corrected chi connectivity index (χ1v) is 6.08. The number of anilines is 1. The van der Waals surface area contributed by atoms with E-state index in [0.717, 1.165) is 0 Å². The van der Waals surface area contributed by atoms with Gasteiger partial charge in [0, 0.05) is 12.3 Å². The Hall–Kier alpha value is -1.79. The molecule has 0 aliphatic heterocycles. The summed E-state index contributed by atoms with van der Waals surface area (Å²) in [7, 11) is 3.13. The summed E-state index contributed by atoms with van der Waals surface area (Å²) < 4.78 is 10.3. The van der Waals surface area contributed by atoms with Crippen LogP contribution in [0.1, 0.15) is 16.5 Å². The van der Waals surface area contributed by atoms with E-state index in [1.54, 1.807) is 38.6 Å². The molecule has 1 unspecified atom stereocenters. The van der Waals surface area contributed by atoms with E-state index in [2.05, 4.69) is 4.98 Å². The number of rotatable bonds is 4. The van der Waals surface area contributed by atoms with Gasteiger partial charge in [-0.25, -0.2) is 4.98 Å². The number of aromatic nitrogens is 1. The monoisotopic (exact) mass is 266 g/mol. The fourth-order valence-electron chi connectivity index (χ4n) is 1.58. The molecule has 0 saturated carbocycles. The van der Waals surface area contributed by atoms with Crippen molar-refractivity contribution in [1.29, 1.82) is 0 Å². The first-order valence-electron chi connectivity index (χ1n) is 5.26. The first-order chi connectivity index (χ1) is 8.63. The Labute approximate surface area is 109 Å². The molecule has 0 aliphatic rings. The third-order valence-corrected chi connectivity index (χ3v) is 3.38. The van der Waals surface area contributed by atoms with Gasteiger partial charge in [0.2, 0.25) is 0 Å². The highest BCUT2D eigenvalue weighted by atomic mass is 32.1. The van der Waals surface area contributed by atoms with E-state index in [0.29, 0.717) is 27.1 Å². The third-order valence-electron chi connectivity index (χ3n) is 2.50. The molecule has 96 valence electrons. The van der Waals surface area contributed by atoms with Crippen LogP contribution < -0.4 is 15.2 Å². The van der Waals surface area contributed by atoms with Crippen molar-refractivity contribution in [2.45, 2.75) is 6.10 Å². The molecule has 0 fully saturated rings. The van der Waals surface area contributed by atoms with Gasteiger partial charge in [-0.3, -0.25) is 0 Å². The van der Waals surface area contributed by atoms with E-state index in [-0.39, 0.29) is 0 Å². The quantitative estimate of drug-likeness (QED) is 0.882. The van der Waals surface area contributed by atoms with Crippen LogP contribution in [0.2, 0.25) is 0 Å². The van der Waals surface area contributed by atoms with Crippen LogP contribution in [0, 0.1) is 0 Å². The topological polar surface area (TPSA) is 77.6 Å². The second-order valence-corrected chi connectivity index (χ2v) is 4.74. The Bertz CT molecular complexity index is 520. The number of nitrogens with zero attached hydrogens (tertiary/aromatic N) is 1. The van der Waals surface area contributed by atoms with Gasteiger partial charge in [-0.1, -0.05) is 11.3 Å². The Morgan fingerprint density at radius 2 is 1.83 bits per heavy atom. The molecule has 2 aromatic rings. The first kappa shape index (κ1) is 12.7. The van der Waals surface area contributed by atoms with Crippen molar-refractivity contribution in [1.82, 2.24) is 4.98 Å². The summed E-state index contributed by atoms with van der Waals surface area (Å²) in [5, 5.41) is 10.7. The van der Waals surface area contributed by atoms with Crippen molar-refractivity contribution in [2.24, 2.45) is 0 Å². The van der Waals surface area contributed by atoms with Crippen LogP contribution >= 0.6 is 11.3 Å². The number of methoxy groups -OCH3 is 2. The van der Waals surface area contributed by atoms with Crippen molar-refractivity contribution >= 4 is 16.5 Å². The molecule has 2 rings (SSSR count). The normalized spacial score (nSPS) is 12.2. The summed E-state index contributed by atoms with van der Waals surface area (Å²) in [5.74, 6) is 1.25. The van der Waals surface area contributed by atoms with Gasteiger partial charge in [0.05, 0.1) is 19.1 Å².